The van der Waals surface area contributed by atoms with Crippen LogP contribution in [0.25, 0.3) is 0 Å². The zero-order valence-corrected chi connectivity index (χ0v) is 11.3. The van der Waals surface area contributed by atoms with Crippen molar-refractivity contribution in [1.29, 1.82) is 0 Å². The van der Waals surface area contributed by atoms with Gasteiger partial charge in [0.2, 0.25) is 0 Å². The van der Waals surface area contributed by atoms with Gasteiger partial charge in [0, 0.05) is 12.6 Å². The molecule has 4 heteroatoms. The molecule has 1 fully saturated rings. The van der Waals surface area contributed by atoms with E-state index in [-0.39, 0.29) is 11.9 Å². The van der Waals surface area contributed by atoms with Gasteiger partial charge < -0.3 is 10.6 Å². The number of carbonyl (C=O) groups is 1. The molecule has 0 aromatic carbocycles. The molecule has 1 saturated heterocycles. The second kappa shape index (κ2) is 5.65. The van der Waals surface area contributed by atoms with Crippen molar-refractivity contribution in [2.75, 3.05) is 13.1 Å². The highest BCUT2D eigenvalue weighted by molar-refractivity contribution is 7.12. The summed E-state index contributed by atoms with van der Waals surface area (Å²) in [6.07, 6.45) is 2.06. The van der Waals surface area contributed by atoms with E-state index in [9.17, 15) is 4.79 Å². The summed E-state index contributed by atoms with van der Waals surface area (Å²) in [4.78, 5) is 13.1. The van der Waals surface area contributed by atoms with Crippen LogP contribution in [0.3, 0.4) is 0 Å². The standard InChI is InChI=1S/C13H20N2OS/c1-3-10-5-7-17-12(10)13(16)15-11-8-14-6-4-9(11)2/h5,7,9,11,14H,3-4,6,8H2,1-2H3,(H,15,16). The van der Waals surface area contributed by atoms with Gasteiger partial charge >= 0.3 is 0 Å². The average molecular weight is 252 g/mol. The van der Waals surface area contributed by atoms with E-state index in [0.29, 0.717) is 5.92 Å². The molecule has 2 heterocycles. The van der Waals surface area contributed by atoms with E-state index in [1.807, 2.05) is 11.4 Å². The summed E-state index contributed by atoms with van der Waals surface area (Å²) in [5.74, 6) is 0.655. The summed E-state index contributed by atoms with van der Waals surface area (Å²) in [6, 6.07) is 2.31. The first-order chi connectivity index (χ1) is 8.22. The van der Waals surface area contributed by atoms with E-state index in [2.05, 4.69) is 24.5 Å². The first kappa shape index (κ1) is 12.6. The van der Waals surface area contributed by atoms with Crippen molar-refractivity contribution < 1.29 is 4.79 Å². The Morgan fingerprint density at radius 3 is 3.18 bits per heavy atom. The molecule has 2 atom stereocenters. The maximum atomic E-state index is 12.2. The van der Waals surface area contributed by atoms with E-state index in [0.717, 1.165) is 36.4 Å². The Morgan fingerprint density at radius 2 is 2.47 bits per heavy atom. The summed E-state index contributed by atoms with van der Waals surface area (Å²) >= 11 is 1.54. The second-order valence-corrected chi connectivity index (χ2v) is 5.59. The van der Waals surface area contributed by atoms with E-state index in [1.165, 1.54) is 11.3 Å². The van der Waals surface area contributed by atoms with Crippen molar-refractivity contribution in [2.24, 2.45) is 5.92 Å². The molecular formula is C13H20N2OS. The fraction of sp³-hybridized carbons (Fsp3) is 0.615. The van der Waals surface area contributed by atoms with E-state index < -0.39 is 0 Å². The summed E-state index contributed by atoms with van der Waals surface area (Å²) < 4.78 is 0. The molecule has 3 nitrogen and oxygen atoms in total. The monoisotopic (exact) mass is 252 g/mol. The van der Waals surface area contributed by atoms with Gasteiger partial charge in [-0.25, -0.2) is 0 Å². The van der Waals surface area contributed by atoms with Gasteiger partial charge in [-0.2, -0.15) is 0 Å². The molecule has 94 valence electrons. The number of thiophene rings is 1. The highest BCUT2D eigenvalue weighted by Crippen LogP contribution is 2.18. The molecule has 2 rings (SSSR count). The minimum atomic E-state index is 0.0948. The summed E-state index contributed by atoms with van der Waals surface area (Å²) in [5.41, 5.74) is 1.16. The van der Waals surface area contributed by atoms with Crippen molar-refractivity contribution in [3.63, 3.8) is 0 Å². The molecule has 1 amide bonds. The Hall–Kier alpha value is -0.870. The van der Waals surface area contributed by atoms with Crippen LogP contribution in [0.1, 0.15) is 35.5 Å². The molecule has 0 aliphatic carbocycles. The normalized spacial score (nSPS) is 24.6. The van der Waals surface area contributed by atoms with Crippen molar-refractivity contribution in [3.05, 3.63) is 21.9 Å². The third-order valence-corrected chi connectivity index (χ3v) is 4.43. The van der Waals surface area contributed by atoms with Crippen molar-refractivity contribution >= 4 is 17.2 Å². The molecule has 1 aromatic heterocycles. The molecule has 0 radical (unpaired) electrons. The van der Waals surface area contributed by atoms with Gasteiger partial charge in [-0.1, -0.05) is 13.8 Å². The lowest BCUT2D eigenvalue weighted by Gasteiger charge is -2.30. The van der Waals surface area contributed by atoms with Crippen LogP contribution < -0.4 is 10.6 Å². The molecule has 1 aliphatic heterocycles. The van der Waals surface area contributed by atoms with E-state index >= 15 is 0 Å². The van der Waals surface area contributed by atoms with Crippen LogP contribution >= 0.6 is 11.3 Å². The largest absolute Gasteiger partial charge is 0.347 e. The minimum Gasteiger partial charge on any atom is -0.347 e. The predicted molar refractivity (Wildman–Crippen MR) is 71.6 cm³/mol. The number of aryl methyl sites for hydroxylation is 1. The van der Waals surface area contributed by atoms with Gasteiger partial charge in [-0.3, -0.25) is 4.79 Å². The minimum absolute atomic E-state index is 0.0948. The van der Waals surface area contributed by atoms with Gasteiger partial charge in [0.05, 0.1) is 4.88 Å². The summed E-state index contributed by atoms with van der Waals surface area (Å²) in [7, 11) is 0. The Kier molecular flexibility index (Phi) is 4.18. The van der Waals surface area contributed by atoms with Crippen LogP contribution in [0.15, 0.2) is 11.4 Å². The quantitative estimate of drug-likeness (QED) is 0.864. The third-order valence-electron chi connectivity index (χ3n) is 3.48. The van der Waals surface area contributed by atoms with Crippen LogP contribution in [0.2, 0.25) is 0 Å². The lowest BCUT2D eigenvalue weighted by atomic mass is 9.95. The average Bonchev–Trinajstić information content (AvgIpc) is 2.80. The smallest absolute Gasteiger partial charge is 0.261 e. The number of piperidine rings is 1. The number of hydrogen-bond donors (Lipinski definition) is 2. The number of nitrogens with one attached hydrogen (secondary N) is 2. The highest BCUT2D eigenvalue weighted by atomic mass is 32.1. The number of rotatable bonds is 3. The van der Waals surface area contributed by atoms with Crippen molar-refractivity contribution in [1.82, 2.24) is 10.6 Å². The number of carbonyl (C=O) groups excluding carboxylic acids is 1. The number of amides is 1. The maximum absolute atomic E-state index is 12.2. The Balaban J connectivity index is 2.01. The van der Waals surface area contributed by atoms with Crippen LogP contribution in [0.4, 0.5) is 0 Å². The molecular weight excluding hydrogens is 232 g/mol. The van der Waals surface area contributed by atoms with Gasteiger partial charge in [-0.15, -0.1) is 11.3 Å². The van der Waals surface area contributed by atoms with E-state index in [4.69, 9.17) is 0 Å². The fourth-order valence-corrected chi connectivity index (χ4v) is 3.13. The van der Waals surface area contributed by atoms with Gasteiger partial charge in [0.15, 0.2) is 0 Å². The summed E-state index contributed by atoms with van der Waals surface area (Å²) in [5, 5.41) is 8.48. The molecule has 1 aliphatic rings. The Morgan fingerprint density at radius 1 is 1.65 bits per heavy atom. The zero-order chi connectivity index (χ0) is 12.3. The third kappa shape index (κ3) is 2.87. The first-order valence-corrected chi connectivity index (χ1v) is 7.18. The Labute approximate surface area is 107 Å². The van der Waals surface area contributed by atoms with Gasteiger partial charge in [0.25, 0.3) is 5.91 Å². The molecule has 2 unspecified atom stereocenters. The van der Waals surface area contributed by atoms with Crippen LogP contribution in [-0.4, -0.2) is 25.0 Å². The second-order valence-electron chi connectivity index (χ2n) is 4.68. The molecule has 2 N–H and O–H groups in total. The van der Waals surface area contributed by atoms with Crippen molar-refractivity contribution in [3.8, 4) is 0 Å². The van der Waals surface area contributed by atoms with Crippen LogP contribution in [0, 0.1) is 5.92 Å². The fourth-order valence-electron chi connectivity index (χ4n) is 2.23. The van der Waals surface area contributed by atoms with Crippen LogP contribution in [-0.2, 0) is 6.42 Å². The zero-order valence-electron chi connectivity index (χ0n) is 10.5. The van der Waals surface area contributed by atoms with Gasteiger partial charge in [0.1, 0.15) is 0 Å². The maximum Gasteiger partial charge on any atom is 0.261 e. The molecule has 0 bridgehead atoms. The van der Waals surface area contributed by atoms with Crippen molar-refractivity contribution in [2.45, 2.75) is 32.7 Å². The summed E-state index contributed by atoms with van der Waals surface area (Å²) in [6.45, 7) is 6.25. The molecule has 0 saturated carbocycles. The predicted octanol–water partition coefficient (Wildman–Crippen LogP) is 2.04. The van der Waals surface area contributed by atoms with Gasteiger partial charge in [-0.05, 0) is 42.3 Å². The van der Waals surface area contributed by atoms with Crippen LogP contribution in [0.5, 0.6) is 0 Å². The SMILES string of the molecule is CCc1ccsc1C(=O)NC1CNCCC1C. The topological polar surface area (TPSA) is 41.1 Å². The van der Waals surface area contributed by atoms with E-state index in [1.54, 1.807) is 0 Å². The molecule has 1 aromatic rings. The lowest BCUT2D eigenvalue weighted by Crippen LogP contribution is -2.50. The first-order valence-electron chi connectivity index (χ1n) is 6.30. The highest BCUT2D eigenvalue weighted by Gasteiger charge is 2.24. The number of hydrogen-bond acceptors (Lipinski definition) is 3. The Bertz CT molecular complexity index is 389. The molecule has 0 spiro atoms. The molecule has 17 heavy (non-hydrogen) atoms. The lowest BCUT2D eigenvalue weighted by molar-refractivity contribution is 0.0918.